The number of hydrogen-bond acceptors (Lipinski definition) is 5. The highest BCUT2D eigenvalue weighted by molar-refractivity contribution is 7.89. The Bertz CT molecular complexity index is 516. The van der Waals surface area contributed by atoms with E-state index in [1.807, 2.05) is 0 Å². The highest BCUT2D eigenvalue weighted by Gasteiger charge is 2.17. The van der Waals surface area contributed by atoms with Gasteiger partial charge >= 0.3 is 5.97 Å². The van der Waals surface area contributed by atoms with Gasteiger partial charge in [-0.2, -0.15) is 0 Å². The van der Waals surface area contributed by atoms with Crippen LogP contribution in [0, 0.1) is 0 Å². The van der Waals surface area contributed by atoms with Crippen molar-refractivity contribution in [1.29, 1.82) is 0 Å². The zero-order valence-corrected chi connectivity index (χ0v) is 12.6. The van der Waals surface area contributed by atoms with Crippen LogP contribution >= 0.6 is 0 Å². The predicted molar refractivity (Wildman–Crippen MR) is 75.6 cm³/mol. The molecule has 1 aromatic heterocycles. The second-order valence-electron chi connectivity index (χ2n) is 4.42. The second-order valence-corrected chi connectivity index (χ2v) is 6.62. The average Bonchev–Trinajstić information content (AvgIpc) is 2.46. The van der Waals surface area contributed by atoms with Crippen LogP contribution < -0.4 is 0 Å². The Labute approximate surface area is 119 Å². The maximum Gasteiger partial charge on any atom is 0.305 e. The lowest BCUT2D eigenvalue weighted by Gasteiger charge is -2.16. The molecule has 0 spiro atoms. The Balaban J connectivity index is 2.41. The third-order valence-electron chi connectivity index (χ3n) is 2.95. The summed E-state index contributed by atoms with van der Waals surface area (Å²) < 4.78 is 29.9. The van der Waals surface area contributed by atoms with Crippen LogP contribution in [-0.2, 0) is 26.0 Å². The molecule has 0 unspecified atom stereocenters. The van der Waals surface area contributed by atoms with Crippen molar-refractivity contribution in [3.8, 4) is 0 Å². The van der Waals surface area contributed by atoms with Crippen LogP contribution in [0.3, 0.4) is 0 Å². The molecule has 1 heterocycles. The molecular weight excluding hydrogens is 280 g/mol. The van der Waals surface area contributed by atoms with Crippen molar-refractivity contribution in [2.24, 2.45) is 0 Å². The van der Waals surface area contributed by atoms with E-state index in [4.69, 9.17) is 0 Å². The molecule has 0 atom stereocenters. The normalized spacial score (nSPS) is 11.6. The topological polar surface area (TPSA) is 76.6 Å². The molecule has 0 aliphatic heterocycles. The Morgan fingerprint density at radius 3 is 2.60 bits per heavy atom. The zero-order valence-electron chi connectivity index (χ0n) is 11.8. The number of sulfonamides is 1. The fourth-order valence-electron chi connectivity index (χ4n) is 1.64. The molecule has 0 saturated heterocycles. The number of ether oxygens (including phenoxy) is 1. The van der Waals surface area contributed by atoms with Gasteiger partial charge in [0.1, 0.15) is 0 Å². The highest BCUT2D eigenvalue weighted by Crippen LogP contribution is 2.06. The maximum atomic E-state index is 12.0. The van der Waals surface area contributed by atoms with Gasteiger partial charge in [-0.3, -0.25) is 9.78 Å². The van der Waals surface area contributed by atoms with E-state index < -0.39 is 10.0 Å². The Kier molecular flexibility index (Phi) is 6.60. The van der Waals surface area contributed by atoms with Gasteiger partial charge in [-0.1, -0.05) is 0 Å². The van der Waals surface area contributed by atoms with E-state index >= 15 is 0 Å². The molecule has 0 saturated carbocycles. The summed E-state index contributed by atoms with van der Waals surface area (Å²) >= 11 is 0. The van der Waals surface area contributed by atoms with E-state index in [9.17, 15) is 13.2 Å². The molecule has 6 nitrogen and oxygen atoms in total. The van der Waals surface area contributed by atoms with Crippen LogP contribution in [0.5, 0.6) is 0 Å². The molecule has 0 fully saturated rings. The minimum absolute atomic E-state index is 0.0474. The lowest BCUT2D eigenvalue weighted by Crippen LogP contribution is -2.31. The Morgan fingerprint density at radius 2 is 2.00 bits per heavy atom. The van der Waals surface area contributed by atoms with Gasteiger partial charge in [-0.05, 0) is 30.5 Å². The summed E-state index contributed by atoms with van der Waals surface area (Å²) in [5.41, 5.74) is 0.937. The lowest BCUT2D eigenvalue weighted by atomic mass is 10.2. The van der Waals surface area contributed by atoms with Crippen LogP contribution in [0.2, 0.25) is 0 Å². The van der Waals surface area contributed by atoms with E-state index in [1.165, 1.54) is 18.5 Å². The molecule has 0 amide bonds. The summed E-state index contributed by atoms with van der Waals surface area (Å²) in [6.07, 6.45) is 4.41. The summed E-state index contributed by atoms with van der Waals surface area (Å²) in [7, 11) is -0.458. The number of carbonyl (C=O) groups excluding carboxylic acids is 1. The van der Waals surface area contributed by atoms with Gasteiger partial charge < -0.3 is 4.74 Å². The van der Waals surface area contributed by atoms with Crippen LogP contribution in [0.25, 0.3) is 0 Å². The summed E-state index contributed by atoms with van der Waals surface area (Å²) in [5, 5.41) is 0. The summed E-state index contributed by atoms with van der Waals surface area (Å²) in [6, 6.07) is 3.60. The number of carbonyl (C=O) groups is 1. The molecule has 20 heavy (non-hydrogen) atoms. The largest absolute Gasteiger partial charge is 0.469 e. The van der Waals surface area contributed by atoms with Crippen LogP contribution in [0.4, 0.5) is 0 Å². The predicted octanol–water partition coefficient (Wildman–Crippen LogP) is 0.839. The maximum absolute atomic E-state index is 12.0. The molecule has 0 aromatic carbocycles. The van der Waals surface area contributed by atoms with Crippen molar-refractivity contribution in [3.63, 3.8) is 0 Å². The molecule has 7 heteroatoms. The fourth-order valence-corrected chi connectivity index (χ4v) is 2.85. The first-order chi connectivity index (χ1) is 9.45. The third-order valence-corrected chi connectivity index (χ3v) is 4.81. The minimum Gasteiger partial charge on any atom is -0.469 e. The van der Waals surface area contributed by atoms with Crippen molar-refractivity contribution in [2.45, 2.75) is 19.3 Å². The van der Waals surface area contributed by atoms with E-state index in [0.29, 0.717) is 19.4 Å². The zero-order chi connectivity index (χ0) is 15.0. The first-order valence-corrected chi connectivity index (χ1v) is 7.96. The first-order valence-electron chi connectivity index (χ1n) is 6.35. The molecule has 0 aliphatic rings. The standard InChI is InChI=1S/C13H20N2O4S/c1-15(10-3-4-13(16)19-2)20(17,18)11-7-12-5-8-14-9-6-12/h5-6,8-9H,3-4,7,10-11H2,1-2H3. The highest BCUT2D eigenvalue weighted by atomic mass is 32.2. The van der Waals surface area contributed by atoms with Crippen molar-refractivity contribution in [3.05, 3.63) is 30.1 Å². The van der Waals surface area contributed by atoms with Crippen LogP contribution in [0.1, 0.15) is 18.4 Å². The number of aryl methyl sites for hydroxylation is 1. The molecule has 0 radical (unpaired) electrons. The van der Waals surface area contributed by atoms with E-state index in [2.05, 4.69) is 9.72 Å². The van der Waals surface area contributed by atoms with Gasteiger partial charge in [0.25, 0.3) is 0 Å². The van der Waals surface area contributed by atoms with Gasteiger partial charge in [-0.25, -0.2) is 12.7 Å². The Morgan fingerprint density at radius 1 is 1.35 bits per heavy atom. The van der Waals surface area contributed by atoms with Crippen LogP contribution in [-0.4, -0.2) is 50.1 Å². The molecule has 1 rings (SSSR count). The summed E-state index contributed by atoms with van der Waals surface area (Å²) in [5.74, 6) is -0.279. The van der Waals surface area contributed by atoms with E-state index in [-0.39, 0.29) is 18.1 Å². The van der Waals surface area contributed by atoms with Crippen molar-refractivity contribution in [2.75, 3.05) is 26.5 Å². The van der Waals surface area contributed by atoms with Crippen molar-refractivity contribution in [1.82, 2.24) is 9.29 Å². The number of rotatable bonds is 8. The van der Waals surface area contributed by atoms with Gasteiger partial charge in [-0.15, -0.1) is 0 Å². The number of methoxy groups -OCH3 is 1. The van der Waals surface area contributed by atoms with E-state index in [0.717, 1.165) is 5.56 Å². The second kappa shape index (κ2) is 7.96. The quantitative estimate of drug-likeness (QED) is 0.665. The van der Waals surface area contributed by atoms with Gasteiger partial charge in [0, 0.05) is 32.4 Å². The van der Waals surface area contributed by atoms with Gasteiger partial charge in [0.05, 0.1) is 12.9 Å². The lowest BCUT2D eigenvalue weighted by molar-refractivity contribution is -0.140. The third kappa shape index (κ3) is 5.66. The molecule has 1 aromatic rings. The van der Waals surface area contributed by atoms with Crippen molar-refractivity contribution >= 4 is 16.0 Å². The van der Waals surface area contributed by atoms with Crippen molar-refractivity contribution < 1.29 is 17.9 Å². The summed E-state index contributed by atoms with van der Waals surface area (Å²) in [6.45, 7) is 0.313. The average molecular weight is 300 g/mol. The van der Waals surface area contributed by atoms with Gasteiger partial charge in [0.15, 0.2) is 0 Å². The number of pyridine rings is 1. The smallest absolute Gasteiger partial charge is 0.305 e. The number of esters is 1. The van der Waals surface area contributed by atoms with E-state index in [1.54, 1.807) is 24.5 Å². The molecule has 0 aliphatic carbocycles. The van der Waals surface area contributed by atoms with Crippen LogP contribution in [0.15, 0.2) is 24.5 Å². The molecule has 112 valence electrons. The SMILES string of the molecule is COC(=O)CCCN(C)S(=O)(=O)CCc1ccncc1. The summed E-state index contributed by atoms with van der Waals surface area (Å²) in [4.78, 5) is 14.8. The molecular formula is C13H20N2O4S. The first kappa shape index (κ1) is 16.6. The van der Waals surface area contributed by atoms with Gasteiger partial charge in [0.2, 0.25) is 10.0 Å². The number of nitrogens with zero attached hydrogens (tertiary/aromatic N) is 2. The molecule has 0 bridgehead atoms. The fraction of sp³-hybridized carbons (Fsp3) is 0.538. The Hall–Kier alpha value is -1.47. The molecule has 0 N–H and O–H groups in total. The number of hydrogen-bond donors (Lipinski definition) is 0. The number of aromatic nitrogens is 1. The monoisotopic (exact) mass is 300 g/mol. The minimum atomic E-state index is -3.30.